The van der Waals surface area contributed by atoms with Crippen LogP contribution in [-0.4, -0.2) is 24.7 Å². The van der Waals surface area contributed by atoms with Gasteiger partial charge in [-0.2, -0.15) is 0 Å². The van der Waals surface area contributed by atoms with E-state index in [2.05, 4.69) is 9.88 Å². The Balaban J connectivity index is 1.76. The van der Waals surface area contributed by atoms with Gasteiger partial charge in [-0.3, -0.25) is 9.52 Å². The van der Waals surface area contributed by atoms with Crippen molar-refractivity contribution in [3.63, 3.8) is 0 Å². The van der Waals surface area contributed by atoms with Crippen molar-refractivity contribution in [3.8, 4) is 0 Å². The van der Waals surface area contributed by atoms with Crippen LogP contribution in [0.2, 0.25) is 0 Å². The van der Waals surface area contributed by atoms with Gasteiger partial charge in [-0.15, -0.1) is 0 Å². The Morgan fingerprint density at radius 2 is 2.11 bits per heavy atom. The molecule has 1 N–H and O–H groups in total. The number of rotatable bonds is 4. The van der Waals surface area contributed by atoms with Gasteiger partial charge < -0.3 is 4.52 Å². The molecule has 1 amide bonds. The summed E-state index contributed by atoms with van der Waals surface area (Å²) in [5.41, 5.74) is 1.02. The molecule has 100 valence electrons. The Hall–Kier alpha value is -1.89. The molecule has 0 atom stereocenters. The van der Waals surface area contributed by atoms with Gasteiger partial charge in [0.05, 0.1) is 11.7 Å². The van der Waals surface area contributed by atoms with Crippen LogP contribution in [0.1, 0.15) is 18.5 Å². The van der Waals surface area contributed by atoms with E-state index in [-0.39, 0.29) is 6.42 Å². The summed E-state index contributed by atoms with van der Waals surface area (Å²) in [4.78, 5) is 11.7. The van der Waals surface area contributed by atoms with Gasteiger partial charge in [0.15, 0.2) is 5.58 Å². The molecule has 0 unspecified atom stereocenters. The van der Waals surface area contributed by atoms with Gasteiger partial charge in [0, 0.05) is 5.39 Å². The first-order valence-electron chi connectivity index (χ1n) is 5.94. The molecule has 1 aromatic carbocycles. The monoisotopic (exact) mass is 280 g/mol. The highest BCUT2D eigenvalue weighted by molar-refractivity contribution is 7.90. The highest BCUT2D eigenvalue weighted by Crippen LogP contribution is 2.27. The number of sulfonamides is 1. The van der Waals surface area contributed by atoms with Crippen LogP contribution in [0.3, 0.4) is 0 Å². The van der Waals surface area contributed by atoms with Crippen molar-refractivity contribution in [2.45, 2.75) is 24.5 Å². The summed E-state index contributed by atoms with van der Waals surface area (Å²) in [5, 5.41) is 4.11. The molecule has 0 spiro atoms. The number of nitrogens with one attached hydrogen (secondary N) is 1. The fourth-order valence-corrected chi connectivity index (χ4v) is 3.19. The third-order valence-electron chi connectivity index (χ3n) is 3.00. The number of benzene rings is 1. The lowest BCUT2D eigenvalue weighted by Crippen LogP contribution is -2.34. The lowest BCUT2D eigenvalue weighted by Gasteiger charge is -2.03. The maximum atomic E-state index is 11.7. The summed E-state index contributed by atoms with van der Waals surface area (Å²) in [6.45, 7) is 0. The van der Waals surface area contributed by atoms with E-state index in [1.165, 1.54) is 0 Å². The number of para-hydroxylation sites is 1. The fraction of sp³-hybridized carbons (Fsp3) is 0.333. The molecular weight excluding hydrogens is 268 g/mol. The molecule has 6 nitrogen and oxygen atoms in total. The molecule has 7 heteroatoms. The van der Waals surface area contributed by atoms with Crippen molar-refractivity contribution < 1.29 is 17.7 Å². The first-order chi connectivity index (χ1) is 9.06. The van der Waals surface area contributed by atoms with E-state index in [4.69, 9.17) is 4.52 Å². The van der Waals surface area contributed by atoms with Crippen LogP contribution in [0.5, 0.6) is 0 Å². The number of carbonyl (C=O) groups is 1. The van der Waals surface area contributed by atoms with Gasteiger partial charge in [0.25, 0.3) is 0 Å². The summed E-state index contributed by atoms with van der Waals surface area (Å²) in [6, 6.07) is 7.13. The molecule has 1 aromatic heterocycles. The van der Waals surface area contributed by atoms with Crippen molar-refractivity contribution >= 4 is 26.9 Å². The number of hydrogen-bond acceptors (Lipinski definition) is 5. The van der Waals surface area contributed by atoms with E-state index in [1.807, 2.05) is 6.07 Å². The first kappa shape index (κ1) is 12.2. The van der Waals surface area contributed by atoms with Gasteiger partial charge in [0.1, 0.15) is 5.69 Å². The van der Waals surface area contributed by atoms with Crippen molar-refractivity contribution in [3.05, 3.63) is 30.0 Å². The van der Waals surface area contributed by atoms with Crippen LogP contribution in [0.15, 0.2) is 28.8 Å². The van der Waals surface area contributed by atoms with Crippen LogP contribution in [0.25, 0.3) is 11.0 Å². The molecule has 0 bridgehead atoms. The summed E-state index contributed by atoms with van der Waals surface area (Å²) in [7, 11) is -3.50. The molecule has 2 aromatic rings. The van der Waals surface area contributed by atoms with E-state index in [0.29, 0.717) is 24.1 Å². The number of carbonyl (C=O) groups excluding carboxylic acids is 1. The van der Waals surface area contributed by atoms with Gasteiger partial charge in [-0.25, -0.2) is 8.42 Å². The molecular formula is C12H12N2O4S. The number of fused-ring (bicyclic) bond motifs is 1. The van der Waals surface area contributed by atoms with Gasteiger partial charge >= 0.3 is 0 Å². The quantitative estimate of drug-likeness (QED) is 0.901. The highest BCUT2D eigenvalue weighted by atomic mass is 32.2. The van der Waals surface area contributed by atoms with Crippen molar-refractivity contribution in [1.29, 1.82) is 0 Å². The SMILES string of the molecule is O=C(Cc1noc2ccccc12)NS(=O)(=O)C1CC1. The Labute approximate surface area is 109 Å². The Bertz CT molecular complexity index is 731. The molecule has 0 saturated heterocycles. The second-order valence-electron chi connectivity index (χ2n) is 4.57. The molecule has 1 saturated carbocycles. The molecule has 1 aliphatic rings. The zero-order valence-corrected chi connectivity index (χ0v) is 10.8. The minimum atomic E-state index is -3.50. The number of aromatic nitrogens is 1. The van der Waals surface area contributed by atoms with Crippen molar-refractivity contribution in [2.24, 2.45) is 0 Å². The number of amides is 1. The highest BCUT2D eigenvalue weighted by Gasteiger charge is 2.36. The lowest BCUT2D eigenvalue weighted by atomic mass is 10.2. The van der Waals surface area contributed by atoms with Crippen molar-refractivity contribution in [1.82, 2.24) is 9.88 Å². The van der Waals surface area contributed by atoms with E-state index in [9.17, 15) is 13.2 Å². The summed E-state index contributed by atoms with van der Waals surface area (Å²) >= 11 is 0. The van der Waals surface area contributed by atoms with Crippen molar-refractivity contribution in [2.75, 3.05) is 0 Å². The van der Waals surface area contributed by atoms with Gasteiger partial charge in [0.2, 0.25) is 15.9 Å². The zero-order valence-electron chi connectivity index (χ0n) is 10.00. The predicted molar refractivity (Wildman–Crippen MR) is 67.8 cm³/mol. The van der Waals surface area contributed by atoms with Gasteiger partial charge in [-0.05, 0) is 25.0 Å². The van der Waals surface area contributed by atoms with E-state index in [0.717, 1.165) is 5.39 Å². The fourth-order valence-electron chi connectivity index (χ4n) is 1.87. The Morgan fingerprint density at radius 3 is 2.84 bits per heavy atom. The standard InChI is InChI=1S/C12H12N2O4S/c15-12(14-19(16,17)8-5-6-8)7-10-9-3-1-2-4-11(9)18-13-10/h1-4,8H,5-7H2,(H,14,15). The average Bonchev–Trinajstić information content (AvgIpc) is 3.14. The Morgan fingerprint density at radius 1 is 1.37 bits per heavy atom. The predicted octanol–water partition coefficient (Wildman–Crippen LogP) is 0.979. The zero-order chi connectivity index (χ0) is 13.5. The third-order valence-corrected chi connectivity index (χ3v) is 4.86. The van der Waals surface area contributed by atoms with Gasteiger partial charge in [-0.1, -0.05) is 17.3 Å². The average molecular weight is 280 g/mol. The molecule has 1 aliphatic carbocycles. The minimum Gasteiger partial charge on any atom is -0.356 e. The smallest absolute Gasteiger partial charge is 0.239 e. The molecule has 19 heavy (non-hydrogen) atoms. The van der Waals surface area contributed by atoms with Crippen LogP contribution < -0.4 is 4.72 Å². The normalized spacial score (nSPS) is 15.6. The van der Waals surface area contributed by atoms with Crippen LogP contribution in [0.4, 0.5) is 0 Å². The second kappa shape index (κ2) is 4.34. The van der Waals surface area contributed by atoms with Crippen LogP contribution >= 0.6 is 0 Å². The van der Waals surface area contributed by atoms with E-state index >= 15 is 0 Å². The molecule has 3 rings (SSSR count). The Kier molecular flexibility index (Phi) is 2.78. The topological polar surface area (TPSA) is 89.3 Å². The minimum absolute atomic E-state index is 0.108. The molecule has 0 aliphatic heterocycles. The maximum Gasteiger partial charge on any atom is 0.239 e. The van der Waals surface area contributed by atoms with E-state index in [1.54, 1.807) is 18.2 Å². The van der Waals surface area contributed by atoms with Crippen LogP contribution in [-0.2, 0) is 21.2 Å². The largest absolute Gasteiger partial charge is 0.356 e. The molecule has 1 heterocycles. The summed E-state index contributed by atoms with van der Waals surface area (Å²) in [5.74, 6) is -0.578. The summed E-state index contributed by atoms with van der Waals surface area (Å²) in [6.07, 6.45) is 1.13. The van der Waals surface area contributed by atoms with E-state index < -0.39 is 21.2 Å². The van der Waals surface area contributed by atoms with Crippen LogP contribution in [0, 0.1) is 0 Å². The second-order valence-corrected chi connectivity index (χ2v) is 6.53. The molecule has 0 radical (unpaired) electrons. The number of hydrogen-bond donors (Lipinski definition) is 1. The first-order valence-corrected chi connectivity index (χ1v) is 7.48. The molecule has 1 fully saturated rings. The summed E-state index contributed by atoms with van der Waals surface area (Å²) < 4.78 is 30.4. The lowest BCUT2D eigenvalue weighted by molar-refractivity contribution is -0.118. The maximum absolute atomic E-state index is 11.7. The third kappa shape index (κ3) is 2.46. The number of nitrogens with zero attached hydrogens (tertiary/aromatic N) is 1.